The Balaban J connectivity index is 3.30. The van der Waals surface area contributed by atoms with E-state index >= 15 is 0 Å². The molecular formula is C15H19F7O4. The molecule has 3 unspecified atom stereocenters. The molecule has 0 aliphatic heterocycles. The Hall–Kier alpha value is -1.36. The van der Waals surface area contributed by atoms with Crippen LogP contribution < -0.4 is 0 Å². The summed E-state index contributed by atoms with van der Waals surface area (Å²) in [6.07, 6.45) is -15.8. The molecule has 0 aromatic rings. The van der Waals surface area contributed by atoms with Crippen molar-refractivity contribution in [3.05, 3.63) is 12.4 Å². The van der Waals surface area contributed by atoms with Crippen molar-refractivity contribution in [2.75, 3.05) is 0 Å². The van der Waals surface area contributed by atoms with E-state index in [1.54, 1.807) is 0 Å². The number of esters is 1. The number of hydrogen-bond donors (Lipinski definition) is 2. The first-order chi connectivity index (χ1) is 11.4. The summed E-state index contributed by atoms with van der Waals surface area (Å²) >= 11 is 0. The number of carbonyl (C=O) groups is 1. The van der Waals surface area contributed by atoms with Gasteiger partial charge in [0.1, 0.15) is 6.10 Å². The Kier molecular flexibility index (Phi) is 6.10. The number of alkyl halides is 6. The van der Waals surface area contributed by atoms with Crippen LogP contribution in [0.25, 0.3) is 0 Å². The summed E-state index contributed by atoms with van der Waals surface area (Å²) in [5.41, 5.74) is -6.80. The molecule has 4 nitrogen and oxygen atoms in total. The topological polar surface area (TPSA) is 66.8 Å². The van der Waals surface area contributed by atoms with Gasteiger partial charge in [-0.15, -0.1) is 0 Å². The van der Waals surface area contributed by atoms with Gasteiger partial charge in [-0.1, -0.05) is 6.58 Å². The molecule has 11 heteroatoms. The normalized spacial score (nSPS) is 25.7. The quantitative estimate of drug-likeness (QED) is 0.434. The maximum Gasteiger partial charge on any atom is 0.426 e. The zero-order valence-corrected chi connectivity index (χ0v) is 13.9. The molecule has 152 valence electrons. The minimum Gasteiger partial charge on any atom is -0.457 e. The predicted molar refractivity (Wildman–Crippen MR) is 74.3 cm³/mol. The Morgan fingerprint density at radius 2 is 1.38 bits per heavy atom. The third kappa shape index (κ3) is 4.48. The van der Waals surface area contributed by atoms with E-state index in [2.05, 4.69) is 11.3 Å². The molecule has 0 radical (unpaired) electrons. The average molecular weight is 396 g/mol. The fraction of sp³-hybridized carbons (Fsp3) is 0.800. The molecule has 0 heterocycles. The van der Waals surface area contributed by atoms with Gasteiger partial charge in [-0.25, -0.2) is 4.79 Å². The smallest absolute Gasteiger partial charge is 0.426 e. The number of halogens is 7. The number of rotatable bonds is 4. The lowest BCUT2D eigenvalue weighted by Crippen LogP contribution is -2.63. The van der Waals surface area contributed by atoms with Gasteiger partial charge >= 0.3 is 18.3 Å². The van der Waals surface area contributed by atoms with Gasteiger partial charge < -0.3 is 14.9 Å². The summed E-state index contributed by atoms with van der Waals surface area (Å²) in [5.74, 6) is -6.84. The second kappa shape index (κ2) is 6.99. The van der Waals surface area contributed by atoms with Crippen molar-refractivity contribution in [2.45, 2.75) is 62.8 Å². The SMILES string of the molecule is C=C(F)C(=O)OC1CC(C(C)(C)O)CC(C(O)(C(F)(F)F)C(F)(F)F)C1. The summed E-state index contributed by atoms with van der Waals surface area (Å²) < 4.78 is 96.0. The molecule has 3 atom stereocenters. The molecule has 0 amide bonds. The highest BCUT2D eigenvalue weighted by Gasteiger charge is 2.74. The highest BCUT2D eigenvalue weighted by molar-refractivity contribution is 5.85. The van der Waals surface area contributed by atoms with Crippen LogP contribution in [-0.4, -0.2) is 45.8 Å². The minimum atomic E-state index is -6.06. The molecule has 0 bridgehead atoms. The summed E-state index contributed by atoms with van der Waals surface area (Å²) in [5, 5.41) is 19.6. The summed E-state index contributed by atoms with van der Waals surface area (Å²) in [7, 11) is 0. The Bertz CT molecular complexity index is 534. The fourth-order valence-electron chi connectivity index (χ4n) is 3.12. The van der Waals surface area contributed by atoms with Crippen molar-refractivity contribution in [1.82, 2.24) is 0 Å². The highest BCUT2D eigenvalue weighted by Crippen LogP contribution is 2.53. The zero-order chi connectivity index (χ0) is 20.7. The van der Waals surface area contributed by atoms with Crippen molar-refractivity contribution >= 4 is 5.97 Å². The molecule has 1 aliphatic rings. The Morgan fingerprint density at radius 3 is 1.73 bits per heavy atom. The molecule has 1 fully saturated rings. The van der Waals surface area contributed by atoms with Crippen molar-refractivity contribution in [2.24, 2.45) is 11.8 Å². The molecule has 0 aromatic heterocycles. The van der Waals surface area contributed by atoms with Crippen LogP contribution in [0.15, 0.2) is 12.4 Å². The van der Waals surface area contributed by atoms with Gasteiger partial charge in [-0.3, -0.25) is 0 Å². The summed E-state index contributed by atoms with van der Waals surface area (Å²) in [6, 6.07) is 0. The second-order valence-corrected chi connectivity index (χ2v) is 6.95. The van der Waals surface area contributed by atoms with Crippen molar-refractivity contribution in [3.8, 4) is 0 Å². The number of aliphatic hydroxyl groups is 2. The maximum absolute atomic E-state index is 13.1. The highest BCUT2D eigenvalue weighted by atomic mass is 19.4. The first kappa shape index (κ1) is 22.7. The van der Waals surface area contributed by atoms with Crippen molar-refractivity contribution in [3.63, 3.8) is 0 Å². The molecule has 2 N–H and O–H groups in total. The van der Waals surface area contributed by atoms with E-state index in [-0.39, 0.29) is 6.42 Å². The largest absolute Gasteiger partial charge is 0.457 e. The van der Waals surface area contributed by atoms with Crippen LogP contribution in [0, 0.1) is 11.8 Å². The second-order valence-electron chi connectivity index (χ2n) is 6.95. The van der Waals surface area contributed by atoms with Crippen molar-refractivity contribution in [1.29, 1.82) is 0 Å². The molecule has 1 rings (SSSR count). The standard InChI is InChI=1S/C15H19F7O4/c1-7(16)11(23)26-10-5-8(12(2,3)24)4-9(6-10)13(25,14(17,18)19)15(20,21)22/h8-10,24-25H,1,4-6H2,2-3H3. The van der Waals surface area contributed by atoms with E-state index in [0.29, 0.717) is 0 Å². The van der Waals surface area contributed by atoms with E-state index in [1.165, 1.54) is 0 Å². The first-order valence-electron chi connectivity index (χ1n) is 7.54. The van der Waals surface area contributed by atoms with Crippen LogP contribution in [0.1, 0.15) is 33.1 Å². The van der Waals surface area contributed by atoms with Gasteiger partial charge in [0, 0.05) is 5.92 Å². The molecule has 0 aromatic carbocycles. The van der Waals surface area contributed by atoms with Crippen LogP contribution >= 0.6 is 0 Å². The van der Waals surface area contributed by atoms with Crippen LogP contribution in [0.2, 0.25) is 0 Å². The van der Waals surface area contributed by atoms with Crippen LogP contribution in [0.5, 0.6) is 0 Å². The number of ether oxygens (including phenoxy) is 1. The van der Waals surface area contributed by atoms with Gasteiger partial charge in [0.05, 0.1) is 5.60 Å². The fourth-order valence-corrected chi connectivity index (χ4v) is 3.12. The average Bonchev–Trinajstić information content (AvgIpc) is 2.42. The van der Waals surface area contributed by atoms with E-state index in [0.717, 1.165) is 13.8 Å². The Morgan fingerprint density at radius 1 is 0.962 bits per heavy atom. The Labute approximate surface area is 144 Å². The number of carbonyl (C=O) groups excluding carboxylic acids is 1. The zero-order valence-electron chi connectivity index (χ0n) is 13.9. The first-order valence-corrected chi connectivity index (χ1v) is 7.54. The van der Waals surface area contributed by atoms with Crippen LogP contribution in [0.4, 0.5) is 30.7 Å². The third-order valence-corrected chi connectivity index (χ3v) is 4.61. The molecule has 0 spiro atoms. The molecular weight excluding hydrogens is 377 g/mol. The van der Waals surface area contributed by atoms with Gasteiger partial charge in [0.2, 0.25) is 5.83 Å². The lowest BCUT2D eigenvalue weighted by molar-refractivity contribution is -0.390. The maximum atomic E-state index is 13.1. The van der Waals surface area contributed by atoms with Crippen molar-refractivity contribution < 1.29 is 50.5 Å². The summed E-state index contributed by atoms with van der Waals surface area (Å²) in [6.45, 7) is 4.95. The minimum absolute atomic E-state index is 0.301. The van der Waals surface area contributed by atoms with Gasteiger partial charge in [-0.05, 0) is 39.0 Å². The van der Waals surface area contributed by atoms with E-state index < -0.39 is 66.1 Å². The van der Waals surface area contributed by atoms with E-state index in [1.807, 2.05) is 0 Å². The van der Waals surface area contributed by atoms with Gasteiger partial charge in [0.15, 0.2) is 0 Å². The monoisotopic (exact) mass is 396 g/mol. The molecule has 1 saturated carbocycles. The van der Waals surface area contributed by atoms with Gasteiger partial charge in [-0.2, -0.15) is 30.7 Å². The predicted octanol–water partition coefficient (Wildman–Crippen LogP) is 3.42. The summed E-state index contributed by atoms with van der Waals surface area (Å²) in [4.78, 5) is 11.3. The van der Waals surface area contributed by atoms with Crippen LogP contribution in [-0.2, 0) is 9.53 Å². The molecule has 0 saturated heterocycles. The molecule has 26 heavy (non-hydrogen) atoms. The third-order valence-electron chi connectivity index (χ3n) is 4.61. The molecule has 1 aliphatic carbocycles. The lowest BCUT2D eigenvalue weighted by Gasteiger charge is -2.46. The lowest BCUT2D eigenvalue weighted by atomic mass is 9.67. The van der Waals surface area contributed by atoms with E-state index in [9.17, 15) is 45.7 Å². The van der Waals surface area contributed by atoms with E-state index in [4.69, 9.17) is 0 Å². The van der Waals surface area contributed by atoms with Crippen LogP contribution in [0.3, 0.4) is 0 Å². The number of hydrogen-bond acceptors (Lipinski definition) is 4. The van der Waals surface area contributed by atoms with Gasteiger partial charge in [0.25, 0.3) is 5.60 Å².